The Balaban J connectivity index is 1.60. The van der Waals surface area contributed by atoms with E-state index in [-0.39, 0.29) is 17.6 Å². The van der Waals surface area contributed by atoms with Gasteiger partial charge in [0.15, 0.2) is 11.0 Å². The van der Waals surface area contributed by atoms with Crippen LogP contribution in [0, 0.1) is 0 Å². The first-order chi connectivity index (χ1) is 13.0. The van der Waals surface area contributed by atoms with E-state index in [2.05, 4.69) is 25.7 Å². The Morgan fingerprint density at radius 3 is 2.59 bits per heavy atom. The van der Waals surface area contributed by atoms with Crippen molar-refractivity contribution in [3.63, 3.8) is 0 Å². The number of carbonyl (C=O) groups is 1. The number of benzene rings is 1. The fourth-order valence-electron chi connectivity index (χ4n) is 2.24. The molecule has 0 spiro atoms. The highest BCUT2D eigenvalue weighted by molar-refractivity contribution is 7.99. The van der Waals surface area contributed by atoms with Gasteiger partial charge >= 0.3 is 0 Å². The highest BCUT2D eigenvalue weighted by atomic mass is 32.2. The van der Waals surface area contributed by atoms with Gasteiger partial charge in [0.05, 0.1) is 12.9 Å². The number of hydrogen-bond acceptors (Lipinski definition) is 8. The second-order valence-corrected chi connectivity index (χ2v) is 7.98. The molecule has 2 heterocycles. The number of methoxy groups -OCH3 is 1. The zero-order valence-corrected chi connectivity index (χ0v) is 17.1. The number of carbonyl (C=O) groups excluding carboxylic acids is 1. The zero-order chi connectivity index (χ0) is 19.4. The fourth-order valence-corrected chi connectivity index (χ4v) is 3.71. The van der Waals surface area contributed by atoms with Gasteiger partial charge in [-0.3, -0.25) is 10.1 Å². The maximum absolute atomic E-state index is 12.2. The minimum absolute atomic E-state index is 0.152. The van der Waals surface area contributed by atoms with Crippen molar-refractivity contribution in [3.8, 4) is 17.1 Å². The topological polar surface area (TPSA) is 94.8 Å². The summed E-state index contributed by atoms with van der Waals surface area (Å²) in [7, 11) is 3.50. The largest absolute Gasteiger partial charge is 0.497 e. The molecule has 0 bridgehead atoms. The highest BCUT2D eigenvalue weighted by Crippen LogP contribution is 2.25. The van der Waals surface area contributed by atoms with Crippen LogP contribution in [0.3, 0.4) is 0 Å². The molecule has 0 fully saturated rings. The number of nitrogens with zero attached hydrogens (tertiary/aromatic N) is 5. The molecule has 1 N–H and O–H groups in total. The second kappa shape index (κ2) is 8.49. The molecule has 2 aromatic heterocycles. The Kier molecular flexibility index (Phi) is 6.07. The van der Waals surface area contributed by atoms with Crippen molar-refractivity contribution in [2.45, 2.75) is 24.9 Å². The number of hydrogen-bond donors (Lipinski definition) is 1. The fraction of sp³-hybridized carbons (Fsp3) is 0.353. The predicted octanol–water partition coefficient (Wildman–Crippen LogP) is 3.20. The molecule has 142 valence electrons. The molecular weight excluding hydrogens is 384 g/mol. The van der Waals surface area contributed by atoms with E-state index in [1.165, 1.54) is 23.1 Å². The summed E-state index contributed by atoms with van der Waals surface area (Å²) >= 11 is 2.71. The van der Waals surface area contributed by atoms with Crippen LogP contribution in [0.2, 0.25) is 0 Å². The van der Waals surface area contributed by atoms with Crippen LogP contribution in [0.25, 0.3) is 11.4 Å². The van der Waals surface area contributed by atoms with E-state index in [9.17, 15) is 4.79 Å². The summed E-state index contributed by atoms with van der Waals surface area (Å²) in [6, 6.07) is 7.59. The molecular formula is C17H20N6O2S2. The maximum Gasteiger partial charge on any atom is 0.236 e. The van der Waals surface area contributed by atoms with Crippen LogP contribution in [-0.4, -0.2) is 43.7 Å². The molecule has 3 aromatic rings. The monoisotopic (exact) mass is 404 g/mol. The maximum atomic E-state index is 12.2. The lowest BCUT2D eigenvalue weighted by Gasteiger charge is -2.05. The van der Waals surface area contributed by atoms with Crippen molar-refractivity contribution in [1.82, 2.24) is 25.0 Å². The number of amides is 1. The number of thioether (sulfide) groups is 1. The predicted molar refractivity (Wildman–Crippen MR) is 106 cm³/mol. The molecule has 0 saturated heterocycles. The number of aromatic nitrogens is 5. The Hall–Kier alpha value is -2.46. The van der Waals surface area contributed by atoms with Crippen LogP contribution in [0.5, 0.6) is 5.75 Å². The average molecular weight is 405 g/mol. The Morgan fingerprint density at radius 2 is 1.96 bits per heavy atom. The normalized spacial score (nSPS) is 11.0. The number of nitrogens with one attached hydrogen (secondary N) is 1. The lowest BCUT2D eigenvalue weighted by Crippen LogP contribution is -2.14. The first kappa shape index (κ1) is 19.3. The van der Waals surface area contributed by atoms with Gasteiger partial charge in [-0.1, -0.05) is 36.9 Å². The van der Waals surface area contributed by atoms with Crippen molar-refractivity contribution in [1.29, 1.82) is 0 Å². The molecule has 0 radical (unpaired) electrons. The molecule has 0 atom stereocenters. The first-order valence-electron chi connectivity index (χ1n) is 8.27. The summed E-state index contributed by atoms with van der Waals surface area (Å²) in [4.78, 5) is 12.2. The Labute approximate surface area is 165 Å². The van der Waals surface area contributed by atoms with Crippen LogP contribution >= 0.6 is 23.1 Å². The third-order valence-corrected chi connectivity index (χ3v) is 5.86. The Morgan fingerprint density at radius 1 is 1.22 bits per heavy atom. The average Bonchev–Trinajstić information content (AvgIpc) is 3.27. The van der Waals surface area contributed by atoms with E-state index in [0.717, 1.165) is 22.1 Å². The van der Waals surface area contributed by atoms with Crippen LogP contribution in [0.4, 0.5) is 5.13 Å². The van der Waals surface area contributed by atoms with Gasteiger partial charge in [0.2, 0.25) is 11.0 Å². The smallest absolute Gasteiger partial charge is 0.236 e. The minimum atomic E-state index is -0.152. The van der Waals surface area contributed by atoms with Crippen LogP contribution in [0.1, 0.15) is 24.8 Å². The van der Waals surface area contributed by atoms with Gasteiger partial charge < -0.3 is 9.30 Å². The summed E-state index contributed by atoms with van der Waals surface area (Å²) in [5.74, 6) is 1.86. The van der Waals surface area contributed by atoms with Gasteiger partial charge in [-0.05, 0) is 24.3 Å². The van der Waals surface area contributed by atoms with Crippen molar-refractivity contribution < 1.29 is 9.53 Å². The van der Waals surface area contributed by atoms with Gasteiger partial charge in [-0.25, -0.2) is 0 Å². The van der Waals surface area contributed by atoms with Gasteiger partial charge in [0.1, 0.15) is 10.8 Å². The van der Waals surface area contributed by atoms with Gasteiger partial charge in [0.25, 0.3) is 0 Å². The molecule has 1 aromatic carbocycles. The molecule has 0 saturated carbocycles. The highest BCUT2D eigenvalue weighted by Gasteiger charge is 2.15. The van der Waals surface area contributed by atoms with E-state index in [0.29, 0.717) is 10.3 Å². The molecule has 0 aliphatic carbocycles. The van der Waals surface area contributed by atoms with Crippen molar-refractivity contribution in [2.75, 3.05) is 18.2 Å². The molecule has 1 amide bonds. The summed E-state index contributed by atoms with van der Waals surface area (Å²) in [5.41, 5.74) is 0.928. The van der Waals surface area contributed by atoms with Crippen LogP contribution in [0.15, 0.2) is 29.4 Å². The number of ether oxygens (including phenoxy) is 1. The minimum Gasteiger partial charge on any atom is -0.497 e. The lowest BCUT2D eigenvalue weighted by atomic mass is 10.2. The molecule has 0 unspecified atom stereocenters. The molecule has 0 aliphatic rings. The molecule has 8 nitrogen and oxygen atoms in total. The second-order valence-electron chi connectivity index (χ2n) is 6.03. The summed E-state index contributed by atoms with van der Waals surface area (Å²) in [6.45, 7) is 4.08. The number of rotatable bonds is 7. The van der Waals surface area contributed by atoms with E-state index in [4.69, 9.17) is 4.74 Å². The van der Waals surface area contributed by atoms with Gasteiger partial charge in [-0.15, -0.1) is 20.4 Å². The van der Waals surface area contributed by atoms with Crippen LogP contribution < -0.4 is 10.1 Å². The molecule has 27 heavy (non-hydrogen) atoms. The summed E-state index contributed by atoms with van der Waals surface area (Å²) in [6.07, 6.45) is 0. The van der Waals surface area contributed by atoms with E-state index < -0.39 is 0 Å². The molecule has 3 rings (SSSR count). The van der Waals surface area contributed by atoms with Gasteiger partial charge in [0, 0.05) is 18.5 Å². The third-order valence-electron chi connectivity index (χ3n) is 3.70. The standard InChI is InChI=1S/C17H20N6O2S2/c1-10(2)15-20-21-16(27-15)18-13(24)9-26-17-22-19-14(23(17)3)11-5-7-12(25-4)8-6-11/h5-8,10H,9H2,1-4H3,(H,18,21,24). The number of anilines is 1. The van der Waals surface area contributed by atoms with Gasteiger partial charge in [-0.2, -0.15) is 0 Å². The van der Waals surface area contributed by atoms with E-state index in [1.807, 2.05) is 49.7 Å². The van der Waals surface area contributed by atoms with Crippen LogP contribution in [-0.2, 0) is 11.8 Å². The first-order valence-corrected chi connectivity index (χ1v) is 10.1. The zero-order valence-electron chi connectivity index (χ0n) is 15.5. The Bertz CT molecular complexity index is 920. The SMILES string of the molecule is COc1ccc(-c2nnc(SCC(=O)Nc3nnc(C(C)C)s3)n2C)cc1. The van der Waals surface area contributed by atoms with E-state index >= 15 is 0 Å². The molecule has 10 heteroatoms. The van der Waals surface area contributed by atoms with E-state index in [1.54, 1.807) is 7.11 Å². The summed E-state index contributed by atoms with van der Waals surface area (Å²) in [5, 5.41) is 21.3. The molecule has 0 aliphatic heterocycles. The summed E-state index contributed by atoms with van der Waals surface area (Å²) < 4.78 is 7.03. The quantitative estimate of drug-likeness (QED) is 0.604. The van der Waals surface area contributed by atoms with Crippen molar-refractivity contribution in [2.24, 2.45) is 7.05 Å². The van der Waals surface area contributed by atoms with Crippen molar-refractivity contribution >= 4 is 34.1 Å². The van der Waals surface area contributed by atoms with Crippen molar-refractivity contribution in [3.05, 3.63) is 29.3 Å². The lowest BCUT2D eigenvalue weighted by molar-refractivity contribution is -0.113. The third kappa shape index (κ3) is 4.64.